The van der Waals surface area contributed by atoms with Crippen LogP contribution in [-0.2, 0) is 24.0 Å². The molecule has 11 nitrogen and oxygen atoms in total. The van der Waals surface area contributed by atoms with Crippen molar-refractivity contribution in [3.05, 3.63) is 0 Å². The maximum atomic E-state index is 13.1. The van der Waals surface area contributed by atoms with Gasteiger partial charge >= 0.3 is 11.9 Å². The molecule has 1 aliphatic heterocycles. The number of carbonyl (C=O) groups excluding carboxylic acids is 3. The fourth-order valence-electron chi connectivity index (χ4n) is 3.59. The quantitative estimate of drug-likeness (QED) is 0.270. The Bertz CT molecular complexity index is 712. The predicted molar refractivity (Wildman–Crippen MR) is 115 cm³/mol. The maximum absolute atomic E-state index is 13.1. The third kappa shape index (κ3) is 7.47. The molecule has 1 heterocycles. The Hall–Kier alpha value is -2.69. The average Bonchev–Trinajstić information content (AvgIpc) is 3.22. The molecule has 0 aliphatic carbocycles. The second-order valence-electron chi connectivity index (χ2n) is 8.67. The largest absolute Gasteiger partial charge is 0.481 e. The number of carboxylic acids is 2. The van der Waals surface area contributed by atoms with Crippen molar-refractivity contribution in [1.29, 1.82) is 0 Å². The van der Waals surface area contributed by atoms with Gasteiger partial charge in [0.1, 0.15) is 18.1 Å². The molecule has 0 aromatic heterocycles. The minimum absolute atomic E-state index is 0.0747. The summed E-state index contributed by atoms with van der Waals surface area (Å²) in [5, 5.41) is 23.4. The Morgan fingerprint density at radius 1 is 1.03 bits per heavy atom. The first-order valence-corrected chi connectivity index (χ1v) is 11.0. The van der Waals surface area contributed by atoms with Crippen LogP contribution in [0.5, 0.6) is 0 Å². The van der Waals surface area contributed by atoms with E-state index in [1.807, 2.05) is 6.92 Å². The number of likely N-dealkylation sites (tertiary alicyclic amines) is 1. The molecule has 1 rings (SSSR count). The highest BCUT2D eigenvalue weighted by atomic mass is 16.4. The van der Waals surface area contributed by atoms with Gasteiger partial charge in [0.05, 0.1) is 6.04 Å². The zero-order chi connectivity index (χ0) is 24.6. The summed E-state index contributed by atoms with van der Waals surface area (Å²) in [5.74, 6) is -4.44. The number of aliphatic carboxylic acids is 2. The lowest BCUT2D eigenvalue weighted by atomic mass is 9.95. The molecule has 0 saturated carbocycles. The monoisotopic (exact) mass is 456 g/mol. The number of nitrogens with one attached hydrogen (secondary N) is 2. The van der Waals surface area contributed by atoms with E-state index >= 15 is 0 Å². The molecule has 1 fully saturated rings. The highest BCUT2D eigenvalue weighted by molar-refractivity contribution is 5.94. The maximum Gasteiger partial charge on any atom is 0.326 e. The van der Waals surface area contributed by atoms with Crippen LogP contribution in [0.1, 0.15) is 59.8 Å². The van der Waals surface area contributed by atoms with E-state index in [1.54, 1.807) is 20.8 Å². The molecular weight excluding hydrogens is 420 g/mol. The van der Waals surface area contributed by atoms with Gasteiger partial charge in [-0.05, 0) is 31.1 Å². The summed E-state index contributed by atoms with van der Waals surface area (Å²) in [6.45, 7) is 7.40. The number of carboxylic acid groups (broad SMARTS) is 2. The third-order valence-corrected chi connectivity index (χ3v) is 5.85. The highest BCUT2D eigenvalue weighted by Gasteiger charge is 2.39. The topological polar surface area (TPSA) is 179 Å². The van der Waals surface area contributed by atoms with Gasteiger partial charge < -0.3 is 31.5 Å². The molecule has 6 N–H and O–H groups in total. The van der Waals surface area contributed by atoms with Crippen LogP contribution >= 0.6 is 0 Å². The lowest BCUT2D eigenvalue weighted by Crippen LogP contribution is -2.59. The summed E-state index contributed by atoms with van der Waals surface area (Å²) in [5.41, 5.74) is 5.76. The molecule has 0 bridgehead atoms. The number of nitrogens with two attached hydrogens (primary N) is 1. The molecule has 3 amide bonds. The van der Waals surface area contributed by atoms with E-state index in [0.717, 1.165) is 0 Å². The molecule has 0 spiro atoms. The first-order chi connectivity index (χ1) is 14.9. The van der Waals surface area contributed by atoms with Crippen molar-refractivity contribution in [2.45, 2.75) is 84.0 Å². The summed E-state index contributed by atoms with van der Waals surface area (Å²) in [7, 11) is 0. The van der Waals surface area contributed by atoms with E-state index in [2.05, 4.69) is 10.6 Å². The number of hydrogen-bond donors (Lipinski definition) is 5. The van der Waals surface area contributed by atoms with E-state index in [9.17, 15) is 29.1 Å². The minimum atomic E-state index is -1.09. The van der Waals surface area contributed by atoms with E-state index in [4.69, 9.17) is 10.8 Å². The highest BCUT2D eigenvalue weighted by Crippen LogP contribution is 2.21. The second kappa shape index (κ2) is 12.4. The number of hydrogen-bond acceptors (Lipinski definition) is 6. The predicted octanol–water partition coefficient (Wildman–Crippen LogP) is -0.0742. The number of carbonyl (C=O) groups is 5. The van der Waals surface area contributed by atoms with E-state index in [0.29, 0.717) is 25.8 Å². The zero-order valence-electron chi connectivity index (χ0n) is 19.2. The van der Waals surface area contributed by atoms with Gasteiger partial charge in [-0.1, -0.05) is 34.1 Å². The number of rotatable bonds is 12. The smallest absolute Gasteiger partial charge is 0.326 e. The van der Waals surface area contributed by atoms with Crippen molar-refractivity contribution in [3.8, 4) is 0 Å². The first kappa shape index (κ1) is 27.3. The Labute approximate surface area is 188 Å². The van der Waals surface area contributed by atoms with Crippen molar-refractivity contribution in [2.75, 3.05) is 6.54 Å². The van der Waals surface area contributed by atoms with Gasteiger partial charge in [0.2, 0.25) is 17.7 Å². The van der Waals surface area contributed by atoms with Crippen LogP contribution in [-0.4, -0.2) is 75.5 Å². The Kier molecular flexibility index (Phi) is 10.6. The lowest BCUT2D eigenvalue weighted by Gasteiger charge is -2.32. The molecular formula is C21H36N4O7. The van der Waals surface area contributed by atoms with Gasteiger partial charge in [-0.25, -0.2) is 4.79 Å². The SMILES string of the molecule is CCC(C)C(NC(=O)C(N)CCC(=O)O)C(=O)NC(C(=O)N1CCCC1C(=O)O)C(C)C. The summed E-state index contributed by atoms with van der Waals surface area (Å²) < 4.78 is 0. The van der Waals surface area contributed by atoms with Gasteiger partial charge in [-0.3, -0.25) is 19.2 Å². The number of nitrogens with zero attached hydrogens (tertiary/aromatic N) is 1. The zero-order valence-corrected chi connectivity index (χ0v) is 19.2. The Morgan fingerprint density at radius 3 is 2.12 bits per heavy atom. The normalized spacial score (nSPS) is 19.7. The van der Waals surface area contributed by atoms with Crippen molar-refractivity contribution in [2.24, 2.45) is 17.6 Å². The molecule has 11 heteroatoms. The van der Waals surface area contributed by atoms with Gasteiger partial charge in [0, 0.05) is 13.0 Å². The first-order valence-electron chi connectivity index (χ1n) is 11.0. The summed E-state index contributed by atoms with van der Waals surface area (Å²) >= 11 is 0. The molecule has 5 atom stereocenters. The van der Waals surface area contributed by atoms with E-state index < -0.39 is 53.8 Å². The van der Waals surface area contributed by atoms with Crippen LogP contribution in [0.3, 0.4) is 0 Å². The van der Waals surface area contributed by atoms with E-state index in [-0.39, 0.29) is 24.7 Å². The molecule has 0 aromatic carbocycles. The second-order valence-corrected chi connectivity index (χ2v) is 8.67. The Morgan fingerprint density at radius 2 is 1.62 bits per heavy atom. The fraction of sp³-hybridized carbons (Fsp3) is 0.762. The van der Waals surface area contributed by atoms with Gasteiger partial charge in [-0.15, -0.1) is 0 Å². The van der Waals surface area contributed by atoms with Crippen molar-refractivity contribution in [1.82, 2.24) is 15.5 Å². The van der Waals surface area contributed by atoms with Crippen LogP contribution in [0.2, 0.25) is 0 Å². The molecule has 1 aliphatic rings. The van der Waals surface area contributed by atoms with Gasteiger partial charge in [0.25, 0.3) is 0 Å². The minimum Gasteiger partial charge on any atom is -0.481 e. The standard InChI is InChI=1S/C21H36N4O7/c1-5-12(4)17(24-18(28)13(22)8-9-15(26)27)19(29)23-16(11(2)3)20(30)25-10-6-7-14(25)21(31)32/h11-14,16-17H,5-10,22H2,1-4H3,(H,23,29)(H,24,28)(H,26,27)(H,31,32). The van der Waals surface area contributed by atoms with Gasteiger partial charge in [0.15, 0.2) is 0 Å². The number of amides is 3. The van der Waals surface area contributed by atoms with Crippen LogP contribution in [0, 0.1) is 11.8 Å². The van der Waals surface area contributed by atoms with Crippen LogP contribution in [0.4, 0.5) is 0 Å². The molecule has 0 aromatic rings. The third-order valence-electron chi connectivity index (χ3n) is 5.85. The fourth-order valence-corrected chi connectivity index (χ4v) is 3.59. The average molecular weight is 457 g/mol. The van der Waals surface area contributed by atoms with Crippen LogP contribution in [0.25, 0.3) is 0 Å². The molecule has 5 unspecified atom stereocenters. The molecule has 1 saturated heterocycles. The summed E-state index contributed by atoms with van der Waals surface area (Å²) in [6, 6.07) is -3.94. The molecule has 0 radical (unpaired) electrons. The van der Waals surface area contributed by atoms with Crippen LogP contribution < -0.4 is 16.4 Å². The molecule has 32 heavy (non-hydrogen) atoms. The summed E-state index contributed by atoms with van der Waals surface area (Å²) in [4.78, 5) is 62.0. The lowest BCUT2D eigenvalue weighted by molar-refractivity contribution is -0.150. The van der Waals surface area contributed by atoms with Crippen molar-refractivity contribution in [3.63, 3.8) is 0 Å². The summed E-state index contributed by atoms with van der Waals surface area (Å²) in [6.07, 6.45) is 1.13. The molecule has 182 valence electrons. The van der Waals surface area contributed by atoms with Crippen LogP contribution in [0.15, 0.2) is 0 Å². The van der Waals surface area contributed by atoms with E-state index in [1.165, 1.54) is 4.90 Å². The Balaban J connectivity index is 2.95. The van der Waals surface area contributed by atoms with Gasteiger partial charge in [-0.2, -0.15) is 0 Å². The van der Waals surface area contributed by atoms with Crippen molar-refractivity contribution < 1.29 is 34.2 Å². The van der Waals surface area contributed by atoms with Crippen molar-refractivity contribution >= 4 is 29.7 Å².